The van der Waals surface area contributed by atoms with E-state index in [-0.39, 0.29) is 17.9 Å². The van der Waals surface area contributed by atoms with E-state index in [4.69, 9.17) is 0 Å². The van der Waals surface area contributed by atoms with Gasteiger partial charge in [-0.15, -0.1) is 0 Å². The van der Waals surface area contributed by atoms with Gasteiger partial charge in [-0.05, 0) is 61.1 Å². The Balaban J connectivity index is 1.58. The number of rotatable bonds is 3. The van der Waals surface area contributed by atoms with Crippen molar-refractivity contribution in [2.45, 2.75) is 45.1 Å². The van der Waals surface area contributed by atoms with E-state index >= 15 is 0 Å². The number of benzene rings is 2. The van der Waals surface area contributed by atoms with E-state index in [2.05, 4.69) is 24.1 Å². The second-order valence-corrected chi connectivity index (χ2v) is 8.04. The van der Waals surface area contributed by atoms with Gasteiger partial charge in [0.2, 0.25) is 5.91 Å². The number of carbonyl (C=O) groups excluding carboxylic acids is 2. The quantitative estimate of drug-likeness (QED) is 0.863. The number of nitrogens with one attached hydrogen (secondary N) is 1. The Morgan fingerprint density at radius 3 is 2.54 bits per heavy atom. The number of hydrogen-bond donors (Lipinski definition) is 1. The van der Waals surface area contributed by atoms with Gasteiger partial charge in [0, 0.05) is 24.8 Å². The summed E-state index contributed by atoms with van der Waals surface area (Å²) in [6, 6.07) is 13.5. The molecule has 2 heterocycles. The predicted octanol–water partition coefficient (Wildman–Crippen LogP) is 4.40. The van der Waals surface area contributed by atoms with Gasteiger partial charge in [-0.2, -0.15) is 0 Å². The van der Waals surface area contributed by atoms with Crippen molar-refractivity contribution >= 4 is 28.9 Å². The molecule has 2 aromatic rings. The summed E-state index contributed by atoms with van der Waals surface area (Å²) in [5, 5.41) is 2.96. The van der Waals surface area contributed by atoms with Crippen molar-refractivity contribution in [2.75, 3.05) is 28.7 Å². The van der Waals surface area contributed by atoms with Crippen LogP contribution in [-0.4, -0.2) is 31.4 Å². The average Bonchev–Trinajstić information content (AvgIpc) is 2.72. The van der Waals surface area contributed by atoms with Crippen molar-refractivity contribution in [1.82, 2.24) is 0 Å². The van der Waals surface area contributed by atoms with Crippen LogP contribution in [0.5, 0.6) is 0 Å². The van der Waals surface area contributed by atoms with E-state index < -0.39 is 0 Å². The van der Waals surface area contributed by atoms with Crippen LogP contribution in [0.2, 0.25) is 0 Å². The average molecular weight is 377 g/mol. The molecule has 1 fully saturated rings. The molecule has 146 valence electrons. The number of hydrogen-bond acceptors (Lipinski definition) is 3. The lowest BCUT2D eigenvalue weighted by molar-refractivity contribution is -0.120. The summed E-state index contributed by atoms with van der Waals surface area (Å²) in [6.45, 7) is 5.18. The number of carbonyl (C=O) groups is 2. The molecule has 5 heteroatoms. The molecule has 4 rings (SSSR count). The van der Waals surface area contributed by atoms with Crippen molar-refractivity contribution < 1.29 is 9.59 Å². The smallest absolute Gasteiger partial charge is 0.255 e. The number of piperidine rings is 1. The Bertz CT molecular complexity index is 905. The Labute approximate surface area is 166 Å². The van der Waals surface area contributed by atoms with E-state index in [1.807, 2.05) is 42.5 Å². The third-order valence-corrected chi connectivity index (χ3v) is 5.86. The van der Waals surface area contributed by atoms with Crippen LogP contribution in [0, 0.1) is 0 Å². The van der Waals surface area contributed by atoms with Gasteiger partial charge in [0.05, 0.1) is 11.4 Å². The van der Waals surface area contributed by atoms with Crippen LogP contribution < -0.4 is 15.1 Å². The van der Waals surface area contributed by atoms with Crippen LogP contribution in [0.25, 0.3) is 0 Å². The van der Waals surface area contributed by atoms with Crippen molar-refractivity contribution in [1.29, 1.82) is 0 Å². The topological polar surface area (TPSA) is 52.7 Å². The largest absolute Gasteiger partial charge is 0.358 e. The maximum atomic E-state index is 12.8. The summed E-state index contributed by atoms with van der Waals surface area (Å²) in [7, 11) is 1.80. The molecule has 0 aliphatic carbocycles. The number of amides is 2. The summed E-state index contributed by atoms with van der Waals surface area (Å²) in [5.41, 5.74) is 4.42. The Hall–Kier alpha value is -2.82. The maximum Gasteiger partial charge on any atom is 0.255 e. The lowest BCUT2D eigenvalue weighted by Crippen LogP contribution is -2.54. The minimum Gasteiger partial charge on any atom is -0.358 e. The molecular weight excluding hydrogens is 350 g/mol. The third-order valence-electron chi connectivity index (χ3n) is 5.86. The summed E-state index contributed by atoms with van der Waals surface area (Å²) in [6.07, 6.45) is 3.09. The second kappa shape index (κ2) is 7.30. The lowest BCUT2D eigenvalue weighted by atomic mass is 9.96. The van der Waals surface area contributed by atoms with Gasteiger partial charge in [-0.1, -0.05) is 26.0 Å². The molecule has 1 N–H and O–H groups in total. The van der Waals surface area contributed by atoms with Gasteiger partial charge in [0.25, 0.3) is 5.91 Å². The fourth-order valence-corrected chi connectivity index (χ4v) is 4.15. The van der Waals surface area contributed by atoms with Crippen LogP contribution >= 0.6 is 0 Å². The normalized spacial score (nSPS) is 18.7. The highest BCUT2D eigenvalue weighted by molar-refractivity contribution is 6.09. The zero-order valence-electron chi connectivity index (χ0n) is 16.7. The number of nitrogens with zero attached hydrogens (tertiary/aromatic N) is 2. The molecule has 0 radical (unpaired) electrons. The van der Waals surface area contributed by atoms with Crippen LogP contribution in [0.3, 0.4) is 0 Å². The number of fused-ring (bicyclic) bond motifs is 3. The van der Waals surface area contributed by atoms with Crippen molar-refractivity contribution in [2.24, 2.45) is 0 Å². The van der Waals surface area contributed by atoms with E-state index in [0.29, 0.717) is 11.5 Å². The fraction of sp³-hybridized carbons (Fsp3) is 0.391. The van der Waals surface area contributed by atoms with Crippen LogP contribution in [0.4, 0.5) is 17.1 Å². The first-order valence-electron chi connectivity index (χ1n) is 10.1. The molecular formula is C23H27N3O2. The maximum absolute atomic E-state index is 12.8. The van der Waals surface area contributed by atoms with Gasteiger partial charge >= 0.3 is 0 Å². The monoisotopic (exact) mass is 377 g/mol. The first-order valence-corrected chi connectivity index (χ1v) is 10.1. The van der Waals surface area contributed by atoms with Crippen molar-refractivity contribution in [3.8, 4) is 0 Å². The number of likely N-dealkylation sites (N-methyl/N-ethyl adjacent to an activating group) is 1. The molecule has 0 bridgehead atoms. The molecule has 0 saturated carbocycles. The van der Waals surface area contributed by atoms with Gasteiger partial charge in [-0.3, -0.25) is 9.59 Å². The molecule has 1 unspecified atom stereocenters. The van der Waals surface area contributed by atoms with Crippen molar-refractivity contribution in [3.05, 3.63) is 53.6 Å². The molecule has 2 aliphatic heterocycles. The summed E-state index contributed by atoms with van der Waals surface area (Å²) in [4.78, 5) is 29.4. The second-order valence-electron chi connectivity index (χ2n) is 8.04. The third kappa shape index (κ3) is 3.26. The molecule has 1 atom stereocenters. The standard InChI is InChI=1S/C23H27N3O2/c1-15(2)16-7-10-18(11-8-16)24-22(27)17-9-12-19-21(14-17)25(3)23(28)20-6-4-5-13-26(19)20/h7-12,14-15,20H,4-6,13H2,1-3H3,(H,24,27). The van der Waals surface area contributed by atoms with E-state index in [0.717, 1.165) is 42.9 Å². The minimum absolute atomic E-state index is 0.0644. The highest BCUT2D eigenvalue weighted by Crippen LogP contribution is 2.39. The Kier molecular flexibility index (Phi) is 4.84. The fourth-order valence-electron chi connectivity index (χ4n) is 4.15. The zero-order chi connectivity index (χ0) is 19.8. The molecule has 2 aliphatic rings. The molecule has 0 aromatic heterocycles. The molecule has 5 nitrogen and oxygen atoms in total. The van der Waals surface area contributed by atoms with E-state index in [9.17, 15) is 9.59 Å². The predicted molar refractivity (Wildman–Crippen MR) is 113 cm³/mol. The SMILES string of the molecule is CC(C)c1ccc(NC(=O)c2ccc3c(c2)N(C)C(=O)C2CCCCN32)cc1. The van der Waals surface area contributed by atoms with Crippen LogP contribution in [0.1, 0.15) is 54.9 Å². The first kappa shape index (κ1) is 18.5. The molecule has 2 amide bonds. The summed E-state index contributed by atoms with van der Waals surface area (Å²) >= 11 is 0. The molecule has 2 aromatic carbocycles. The van der Waals surface area contributed by atoms with Crippen molar-refractivity contribution in [3.63, 3.8) is 0 Å². The molecule has 28 heavy (non-hydrogen) atoms. The van der Waals surface area contributed by atoms with Gasteiger partial charge in [0.1, 0.15) is 6.04 Å². The molecule has 0 spiro atoms. The summed E-state index contributed by atoms with van der Waals surface area (Å²) in [5.74, 6) is 0.410. The zero-order valence-corrected chi connectivity index (χ0v) is 16.7. The van der Waals surface area contributed by atoms with E-state index in [1.165, 1.54) is 5.56 Å². The van der Waals surface area contributed by atoms with Crippen LogP contribution in [0.15, 0.2) is 42.5 Å². The van der Waals surface area contributed by atoms with Gasteiger partial charge < -0.3 is 15.1 Å². The minimum atomic E-state index is -0.165. The van der Waals surface area contributed by atoms with Gasteiger partial charge in [-0.25, -0.2) is 0 Å². The van der Waals surface area contributed by atoms with Gasteiger partial charge in [0.15, 0.2) is 0 Å². The lowest BCUT2D eigenvalue weighted by Gasteiger charge is -2.44. The first-order chi connectivity index (χ1) is 13.5. The molecule has 1 saturated heterocycles. The Morgan fingerprint density at radius 2 is 1.82 bits per heavy atom. The summed E-state index contributed by atoms with van der Waals surface area (Å²) < 4.78 is 0. The van der Waals surface area contributed by atoms with E-state index in [1.54, 1.807) is 11.9 Å². The Morgan fingerprint density at radius 1 is 1.07 bits per heavy atom. The highest BCUT2D eigenvalue weighted by atomic mass is 16.2. The number of anilines is 3. The van der Waals surface area contributed by atoms with Crippen LogP contribution in [-0.2, 0) is 4.79 Å². The highest BCUT2D eigenvalue weighted by Gasteiger charge is 2.37.